The molecule has 0 saturated carbocycles. The van der Waals surface area contributed by atoms with Crippen LogP contribution in [0.4, 0.5) is 0 Å². The van der Waals surface area contributed by atoms with Crippen LogP contribution in [0.25, 0.3) is 0 Å². The molecule has 160 valence electrons. The van der Waals surface area contributed by atoms with Gasteiger partial charge in [0.05, 0.1) is 38.6 Å². The van der Waals surface area contributed by atoms with Crippen molar-refractivity contribution >= 4 is 0 Å². The molecule has 4 aliphatic rings. The first kappa shape index (κ1) is 21.0. The lowest BCUT2D eigenvalue weighted by Crippen LogP contribution is -2.59. The predicted octanol–water partition coefficient (Wildman–Crippen LogP) is 3.61. The summed E-state index contributed by atoms with van der Waals surface area (Å²) >= 11 is 0. The third kappa shape index (κ3) is 4.17. The van der Waals surface area contributed by atoms with E-state index in [-0.39, 0.29) is 36.3 Å². The molecule has 0 N–H and O–H groups in total. The maximum atomic E-state index is 7.34. The Labute approximate surface area is 174 Å². The zero-order chi connectivity index (χ0) is 20.5. The molecular formula is C24H34O5. The molecule has 5 nitrogen and oxygen atoms in total. The predicted molar refractivity (Wildman–Crippen MR) is 112 cm³/mol. The Kier molecular flexibility index (Phi) is 6.14. The zero-order valence-electron chi connectivity index (χ0n) is 17.3. The summed E-state index contributed by atoms with van der Waals surface area (Å²) in [5.74, 6) is 0.302. The van der Waals surface area contributed by atoms with Crippen molar-refractivity contribution in [3.63, 3.8) is 0 Å². The molecule has 4 heterocycles. The van der Waals surface area contributed by atoms with Gasteiger partial charge >= 0.3 is 0 Å². The van der Waals surface area contributed by atoms with Gasteiger partial charge in [0.1, 0.15) is 23.4 Å². The van der Waals surface area contributed by atoms with Gasteiger partial charge in [-0.1, -0.05) is 24.3 Å². The summed E-state index contributed by atoms with van der Waals surface area (Å²) in [7, 11) is 0. The molecule has 0 bridgehead atoms. The van der Waals surface area contributed by atoms with Crippen LogP contribution in [0.15, 0.2) is 50.6 Å². The van der Waals surface area contributed by atoms with E-state index in [2.05, 4.69) is 26.3 Å². The van der Waals surface area contributed by atoms with E-state index in [1.807, 2.05) is 24.3 Å². The van der Waals surface area contributed by atoms with Crippen LogP contribution in [0.5, 0.6) is 0 Å². The Morgan fingerprint density at radius 1 is 0.690 bits per heavy atom. The Hall–Kier alpha value is -1.24. The van der Waals surface area contributed by atoms with Crippen molar-refractivity contribution in [2.75, 3.05) is 26.4 Å². The summed E-state index contributed by atoms with van der Waals surface area (Å²) in [4.78, 5) is 0. The van der Waals surface area contributed by atoms with E-state index >= 15 is 0 Å². The second-order valence-electron chi connectivity index (χ2n) is 8.65. The van der Waals surface area contributed by atoms with Gasteiger partial charge in [0.15, 0.2) is 0 Å². The van der Waals surface area contributed by atoms with Gasteiger partial charge in [0, 0.05) is 11.8 Å². The first-order chi connectivity index (χ1) is 14.1. The molecular weight excluding hydrogens is 368 g/mol. The number of rotatable bonds is 16. The van der Waals surface area contributed by atoms with Gasteiger partial charge in [0.2, 0.25) is 0 Å². The maximum absolute atomic E-state index is 7.34. The largest absolute Gasteiger partial charge is 0.373 e. The second-order valence-corrected chi connectivity index (χ2v) is 8.65. The summed E-state index contributed by atoms with van der Waals surface area (Å²) < 4.78 is 30.6. The minimum Gasteiger partial charge on any atom is -0.373 e. The van der Waals surface area contributed by atoms with Crippen molar-refractivity contribution in [3.05, 3.63) is 50.6 Å². The van der Waals surface area contributed by atoms with Gasteiger partial charge in [0.25, 0.3) is 0 Å². The highest BCUT2D eigenvalue weighted by atomic mass is 16.7. The van der Waals surface area contributed by atoms with E-state index in [4.69, 9.17) is 23.7 Å². The topological polar surface area (TPSA) is 59.4 Å². The monoisotopic (exact) mass is 402 g/mol. The molecule has 4 saturated heterocycles. The molecule has 0 aromatic carbocycles. The average molecular weight is 403 g/mol. The fraction of sp³-hybridized carbons (Fsp3) is 0.667. The normalized spacial score (nSPS) is 35.3. The fourth-order valence-electron chi connectivity index (χ4n) is 5.14. The molecule has 0 aromatic rings. The van der Waals surface area contributed by atoms with Crippen LogP contribution in [0.1, 0.15) is 25.7 Å². The van der Waals surface area contributed by atoms with Crippen molar-refractivity contribution in [1.82, 2.24) is 0 Å². The van der Waals surface area contributed by atoms with Crippen LogP contribution in [-0.4, -0.2) is 62.0 Å². The van der Waals surface area contributed by atoms with E-state index < -0.39 is 11.2 Å². The Morgan fingerprint density at radius 2 is 1.07 bits per heavy atom. The van der Waals surface area contributed by atoms with Crippen LogP contribution < -0.4 is 0 Å². The molecule has 4 aliphatic heterocycles. The average Bonchev–Trinajstić information content (AvgIpc) is 3.56. The second kappa shape index (κ2) is 8.48. The van der Waals surface area contributed by atoms with E-state index in [1.165, 1.54) is 0 Å². The van der Waals surface area contributed by atoms with E-state index in [0.717, 1.165) is 26.1 Å². The number of ether oxygens (including phenoxy) is 5. The Morgan fingerprint density at radius 3 is 1.31 bits per heavy atom. The van der Waals surface area contributed by atoms with Crippen LogP contribution in [-0.2, 0) is 23.7 Å². The number of allylic oxidation sites excluding steroid dienone is 2. The lowest BCUT2D eigenvalue weighted by molar-refractivity contribution is -0.223. The van der Waals surface area contributed by atoms with Gasteiger partial charge < -0.3 is 23.7 Å². The van der Waals surface area contributed by atoms with Gasteiger partial charge in [-0.2, -0.15) is 0 Å². The van der Waals surface area contributed by atoms with Crippen LogP contribution in [0.2, 0.25) is 0 Å². The smallest absolute Gasteiger partial charge is 0.111 e. The lowest BCUT2D eigenvalue weighted by Gasteiger charge is -2.49. The van der Waals surface area contributed by atoms with Gasteiger partial charge in [-0.05, 0) is 25.7 Å². The van der Waals surface area contributed by atoms with E-state index in [1.54, 1.807) is 0 Å². The molecule has 29 heavy (non-hydrogen) atoms. The molecule has 0 aliphatic carbocycles. The highest BCUT2D eigenvalue weighted by Crippen LogP contribution is 2.53. The van der Waals surface area contributed by atoms with Crippen molar-refractivity contribution in [2.24, 2.45) is 11.8 Å². The van der Waals surface area contributed by atoms with E-state index in [0.29, 0.717) is 26.1 Å². The lowest BCUT2D eigenvalue weighted by atomic mass is 9.73. The van der Waals surface area contributed by atoms with Crippen molar-refractivity contribution in [3.8, 4) is 0 Å². The van der Waals surface area contributed by atoms with Crippen LogP contribution in [0.3, 0.4) is 0 Å². The van der Waals surface area contributed by atoms with Crippen molar-refractivity contribution < 1.29 is 23.7 Å². The Bertz CT molecular complexity index is 577. The SMILES string of the molecule is C=CCC(C1CO1)C(CC=C)(OC(CC=C)(C1CO1)C(CC=C)C1CO1)C1CO1. The molecule has 0 amide bonds. The van der Waals surface area contributed by atoms with Crippen molar-refractivity contribution in [1.29, 1.82) is 0 Å². The molecule has 4 fully saturated rings. The minimum atomic E-state index is -0.541. The maximum Gasteiger partial charge on any atom is 0.111 e. The first-order valence-electron chi connectivity index (χ1n) is 10.7. The Balaban J connectivity index is 1.75. The van der Waals surface area contributed by atoms with Gasteiger partial charge in [-0.15, -0.1) is 26.3 Å². The first-order valence-corrected chi connectivity index (χ1v) is 10.7. The summed E-state index contributed by atoms with van der Waals surface area (Å²) in [6.45, 7) is 19.0. The van der Waals surface area contributed by atoms with Gasteiger partial charge in [-0.25, -0.2) is 0 Å². The highest BCUT2D eigenvalue weighted by molar-refractivity contribution is 5.16. The highest BCUT2D eigenvalue weighted by Gasteiger charge is 2.65. The summed E-state index contributed by atoms with van der Waals surface area (Å²) in [5.41, 5.74) is -1.08. The fourth-order valence-corrected chi connectivity index (χ4v) is 5.14. The number of hydrogen-bond acceptors (Lipinski definition) is 5. The van der Waals surface area contributed by atoms with Gasteiger partial charge in [-0.3, -0.25) is 0 Å². The third-order valence-corrected chi connectivity index (χ3v) is 6.78. The quantitative estimate of drug-likeness (QED) is 0.292. The molecule has 0 radical (unpaired) electrons. The van der Waals surface area contributed by atoms with Crippen LogP contribution in [0, 0.1) is 11.8 Å². The zero-order valence-corrected chi connectivity index (χ0v) is 17.3. The summed E-state index contributed by atoms with van der Waals surface area (Å²) in [6.07, 6.45) is 11.2. The number of epoxide rings is 4. The van der Waals surface area contributed by atoms with E-state index in [9.17, 15) is 0 Å². The minimum absolute atomic E-state index is 0.0158. The molecule has 4 rings (SSSR count). The third-order valence-electron chi connectivity index (χ3n) is 6.78. The molecule has 0 aromatic heterocycles. The summed E-state index contributed by atoms with van der Waals surface area (Å²) in [6, 6.07) is 0. The molecule has 8 atom stereocenters. The molecule has 0 spiro atoms. The van der Waals surface area contributed by atoms with Crippen LogP contribution >= 0.6 is 0 Å². The summed E-state index contributed by atoms with van der Waals surface area (Å²) in [5, 5.41) is 0. The van der Waals surface area contributed by atoms with Crippen molar-refractivity contribution in [2.45, 2.75) is 61.3 Å². The molecule has 5 heteroatoms. The standard InChI is InChI=1S/C24H34O5/c1-5-9-17(19-13-25-19)23(11-7-3,21-15-27-21)29-24(12-8-4,22-16-28-22)18(10-6-2)20-14-26-20/h5-8,17-22H,1-4,9-16H2. The molecule has 8 unspecified atom stereocenters. The number of hydrogen-bond donors (Lipinski definition) is 0.